The molecule has 0 unspecified atom stereocenters. The van der Waals surface area contributed by atoms with Gasteiger partial charge in [-0.25, -0.2) is 17.9 Å². The molecule has 3 rings (SSSR count). The largest absolute Gasteiger partial charge is 0.423 e. The predicted octanol–water partition coefficient (Wildman–Crippen LogP) is 1.05. The summed E-state index contributed by atoms with van der Waals surface area (Å²) in [6, 6.07) is 7.17. The zero-order valence-electron chi connectivity index (χ0n) is 12.4. The quantitative estimate of drug-likeness (QED) is 0.704. The molecule has 120 valence electrons. The lowest BCUT2D eigenvalue weighted by atomic mass is 10.2. The molecule has 23 heavy (non-hydrogen) atoms. The van der Waals surface area contributed by atoms with Gasteiger partial charge in [0.25, 0.3) is 0 Å². The Kier molecular flexibility index (Phi) is 4.01. The lowest BCUT2D eigenvalue weighted by molar-refractivity contribution is 0.560. The third-order valence-electron chi connectivity index (χ3n) is 3.37. The summed E-state index contributed by atoms with van der Waals surface area (Å²) < 4.78 is 33.8. The van der Waals surface area contributed by atoms with Crippen LogP contribution in [0.3, 0.4) is 0 Å². The van der Waals surface area contributed by atoms with Crippen molar-refractivity contribution in [2.45, 2.75) is 11.3 Å². The monoisotopic (exact) mass is 333 g/mol. The van der Waals surface area contributed by atoms with Crippen LogP contribution in [0.15, 0.2) is 56.8 Å². The summed E-state index contributed by atoms with van der Waals surface area (Å²) in [5.41, 5.74) is 0.838. The van der Waals surface area contributed by atoms with Crippen LogP contribution < -0.4 is 10.3 Å². The van der Waals surface area contributed by atoms with Crippen LogP contribution in [0.25, 0.3) is 11.0 Å². The first-order chi connectivity index (χ1) is 10.9. The van der Waals surface area contributed by atoms with E-state index < -0.39 is 15.6 Å². The van der Waals surface area contributed by atoms with E-state index in [4.69, 9.17) is 4.42 Å². The summed E-state index contributed by atoms with van der Waals surface area (Å²) in [4.78, 5) is 11.3. The highest BCUT2D eigenvalue weighted by Gasteiger charge is 2.14. The van der Waals surface area contributed by atoms with Crippen LogP contribution in [0.1, 0.15) is 5.56 Å². The van der Waals surface area contributed by atoms with Gasteiger partial charge in [-0.3, -0.25) is 4.68 Å². The molecule has 0 aliphatic heterocycles. The number of hydrogen-bond donors (Lipinski definition) is 1. The maximum Gasteiger partial charge on any atom is 0.336 e. The molecular weight excluding hydrogens is 318 g/mol. The van der Waals surface area contributed by atoms with E-state index in [9.17, 15) is 13.2 Å². The Balaban J connectivity index is 1.76. The first-order valence-corrected chi connectivity index (χ1v) is 8.43. The lowest BCUT2D eigenvalue weighted by Crippen LogP contribution is -2.25. The highest BCUT2D eigenvalue weighted by atomic mass is 32.2. The fourth-order valence-electron chi connectivity index (χ4n) is 2.23. The molecule has 0 amide bonds. The van der Waals surface area contributed by atoms with Gasteiger partial charge in [0.15, 0.2) is 0 Å². The van der Waals surface area contributed by atoms with Crippen LogP contribution in [-0.2, 0) is 23.5 Å². The number of aromatic nitrogens is 2. The molecule has 0 atom stereocenters. The number of benzene rings is 1. The van der Waals surface area contributed by atoms with Crippen molar-refractivity contribution in [3.63, 3.8) is 0 Å². The number of hydrogen-bond acceptors (Lipinski definition) is 5. The SMILES string of the molecule is Cn1cc(CCNS(=O)(=O)c2ccc3oc(=O)ccc3c2)cn1. The first-order valence-electron chi connectivity index (χ1n) is 6.95. The predicted molar refractivity (Wildman–Crippen MR) is 84.6 cm³/mol. The smallest absolute Gasteiger partial charge is 0.336 e. The molecule has 1 N–H and O–H groups in total. The summed E-state index contributed by atoms with van der Waals surface area (Å²) in [5, 5.41) is 4.59. The third kappa shape index (κ3) is 3.49. The minimum atomic E-state index is -3.62. The van der Waals surface area contributed by atoms with E-state index in [1.165, 1.54) is 30.3 Å². The molecule has 0 aliphatic carbocycles. The number of nitrogens with zero attached hydrogens (tertiary/aromatic N) is 2. The van der Waals surface area contributed by atoms with Gasteiger partial charge in [0.1, 0.15) is 5.58 Å². The molecule has 0 spiro atoms. The van der Waals surface area contributed by atoms with Crippen molar-refractivity contribution in [1.82, 2.24) is 14.5 Å². The molecule has 8 heteroatoms. The summed E-state index contributed by atoms with van der Waals surface area (Å²) >= 11 is 0. The van der Waals surface area contributed by atoms with E-state index in [0.29, 0.717) is 17.4 Å². The molecule has 7 nitrogen and oxygen atoms in total. The van der Waals surface area contributed by atoms with E-state index in [1.807, 2.05) is 6.20 Å². The van der Waals surface area contributed by atoms with Gasteiger partial charge < -0.3 is 4.42 Å². The third-order valence-corrected chi connectivity index (χ3v) is 4.82. The number of aryl methyl sites for hydroxylation is 1. The first kappa shape index (κ1) is 15.4. The molecule has 0 radical (unpaired) electrons. The molecule has 2 aromatic heterocycles. The Labute approximate surface area is 132 Å². The van der Waals surface area contributed by atoms with Crippen molar-refractivity contribution in [2.24, 2.45) is 7.05 Å². The number of sulfonamides is 1. The summed E-state index contributed by atoms with van der Waals surface area (Å²) in [7, 11) is -1.82. The number of fused-ring (bicyclic) bond motifs is 1. The second-order valence-corrected chi connectivity index (χ2v) is 6.89. The van der Waals surface area contributed by atoms with E-state index >= 15 is 0 Å². The fraction of sp³-hybridized carbons (Fsp3) is 0.200. The maximum atomic E-state index is 12.3. The van der Waals surface area contributed by atoms with Crippen molar-refractivity contribution in [2.75, 3.05) is 6.54 Å². The topological polar surface area (TPSA) is 94.2 Å². The van der Waals surface area contributed by atoms with Crippen molar-refractivity contribution >= 4 is 21.0 Å². The van der Waals surface area contributed by atoms with Crippen LogP contribution >= 0.6 is 0 Å². The zero-order valence-corrected chi connectivity index (χ0v) is 13.2. The van der Waals surface area contributed by atoms with Crippen LogP contribution in [0.5, 0.6) is 0 Å². The molecular formula is C15H15N3O4S. The van der Waals surface area contributed by atoms with Gasteiger partial charge in [-0.15, -0.1) is 0 Å². The van der Waals surface area contributed by atoms with E-state index in [-0.39, 0.29) is 11.4 Å². The maximum absolute atomic E-state index is 12.3. The van der Waals surface area contributed by atoms with Gasteiger partial charge in [-0.2, -0.15) is 5.10 Å². The van der Waals surface area contributed by atoms with Crippen molar-refractivity contribution in [3.05, 3.63) is 58.7 Å². The molecule has 0 saturated carbocycles. The summed E-state index contributed by atoms with van der Waals surface area (Å²) in [5.74, 6) is 0. The van der Waals surface area contributed by atoms with E-state index in [0.717, 1.165) is 5.56 Å². The molecule has 0 saturated heterocycles. The normalized spacial score (nSPS) is 11.9. The molecule has 0 aliphatic rings. The number of rotatable bonds is 5. The van der Waals surface area contributed by atoms with E-state index in [2.05, 4.69) is 9.82 Å². The Morgan fingerprint density at radius 2 is 2.09 bits per heavy atom. The minimum absolute atomic E-state index is 0.130. The van der Waals surface area contributed by atoms with E-state index in [1.54, 1.807) is 17.9 Å². The van der Waals surface area contributed by atoms with Crippen LogP contribution in [-0.4, -0.2) is 24.7 Å². The Hall–Kier alpha value is -2.45. The average Bonchev–Trinajstić information content (AvgIpc) is 2.92. The zero-order chi connectivity index (χ0) is 16.4. The van der Waals surface area contributed by atoms with Crippen molar-refractivity contribution in [3.8, 4) is 0 Å². The van der Waals surface area contributed by atoms with Gasteiger partial charge in [0.2, 0.25) is 10.0 Å². The molecule has 0 bridgehead atoms. The highest BCUT2D eigenvalue weighted by molar-refractivity contribution is 7.89. The van der Waals surface area contributed by atoms with Gasteiger partial charge in [-0.1, -0.05) is 0 Å². The van der Waals surface area contributed by atoms with Gasteiger partial charge in [0.05, 0.1) is 11.1 Å². The Morgan fingerprint density at radius 3 is 2.83 bits per heavy atom. The fourth-order valence-corrected chi connectivity index (χ4v) is 3.30. The molecule has 0 fully saturated rings. The van der Waals surface area contributed by atoms with Gasteiger partial charge in [0, 0.05) is 31.2 Å². The molecule has 1 aromatic carbocycles. The van der Waals surface area contributed by atoms with Crippen molar-refractivity contribution < 1.29 is 12.8 Å². The van der Waals surface area contributed by atoms with Gasteiger partial charge in [-0.05, 0) is 36.2 Å². The second kappa shape index (κ2) is 5.98. The van der Waals surface area contributed by atoms with Crippen LogP contribution in [0, 0.1) is 0 Å². The number of nitrogens with one attached hydrogen (secondary N) is 1. The highest BCUT2D eigenvalue weighted by Crippen LogP contribution is 2.17. The standard InChI is InChI=1S/C15H15N3O4S/c1-18-10-11(9-16-18)6-7-17-23(20,21)13-3-4-14-12(8-13)2-5-15(19)22-14/h2-5,8-10,17H,6-7H2,1H3. The minimum Gasteiger partial charge on any atom is -0.423 e. The van der Waals surface area contributed by atoms with Crippen molar-refractivity contribution in [1.29, 1.82) is 0 Å². The Morgan fingerprint density at radius 1 is 1.26 bits per heavy atom. The summed E-state index contributed by atoms with van der Waals surface area (Å²) in [6.45, 7) is 0.274. The molecule has 3 aromatic rings. The molecule has 2 heterocycles. The summed E-state index contributed by atoms with van der Waals surface area (Å²) in [6.07, 6.45) is 4.09. The van der Waals surface area contributed by atoms with Crippen LogP contribution in [0.2, 0.25) is 0 Å². The average molecular weight is 333 g/mol. The van der Waals surface area contributed by atoms with Crippen LogP contribution in [0.4, 0.5) is 0 Å². The van der Waals surface area contributed by atoms with Gasteiger partial charge >= 0.3 is 5.63 Å². The second-order valence-electron chi connectivity index (χ2n) is 5.12. The lowest BCUT2D eigenvalue weighted by Gasteiger charge is -2.07. The Bertz CT molecular complexity index is 1000.